The molecule has 1 heterocycles. The van der Waals surface area contributed by atoms with Crippen LogP contribution in [0.15, 0.2) is 6.33 Å². The molecule has 5 nitrogen and oxygen atoms in total. The van der Waals surface area contributed by atoms with Crippen LogP contribution in [0.3, 0.4) is 0 Å². The second-order valence-corrected chi connectivity index (χ2v) is 5.13. The lowest BCUT2D eigenvalue weighted by Crippen LogP contribution is -2.27. The molecule has 0 saturated carbocycles. The molecule has 1 atom stereocenters. The summed E-state index contributed by atoms with van der Waals surface area (Å²) in [5.74, 6) is 1.31. The molecule has 5 heteroatoms. The minimum atomic E-state index is -0.306. The molecule has 1 aromatic rings. The van der Waals surface area contributed by atoms with Gasteiger partial charge in [-0.3, -0.25) is 4.79 Å². The van der Waals surface area contributed by atoms with E-state index in [0.717, 1.165) is 25.2 Å². The Hall–Kier alpha value is -1.23. The zero-order chi connectivity index (χ0) is 14.3. The van der Waals surface area contributed by atoms with E-state index in [1.54, 1.807) is 0 Å². The number of nitrogens with zero attached hydrogens (tertiary/aromatic N) is 3. The summed E-state index contributed by atoms with van der Waals surface area (Å²) in [6, 6.07) is 0. The largest absolute Gasteiger partial charge is 0.371 e. The molecule has 0 saturated heterocycles. The molecule has 0 aromatic carbocycles. The predicted molar refractivity (Wildman–Crippen MR) is 73.9 cm³/mol. The number of ether oxygens (including phenoxy) is 1. The van der Waals surface area contributed by atoms with Crippen LogP contribution in [0.4, 0.5) is 0 Å². The Morgan fingerprint density at radius 3 is 2.74 bits per heavy atom. The number of Topliss-reactive ketones (excluding diaryl/α,β-unsaturated/α-hetero) is 1. The number of carbonyl (C=O) groups excluding carboxylic acids is 1. The summed E-state index contributed by atoms with van der Waals surface area (Å²) < 4.78 is 7.32. The van der Waals surface area contributed by atoms with Gasteiger partial charge in [0.2, 0.25) is 0 Å². The fraction of sp³-hybridized carbons (Fsp3) is 0.786. The number of hydrogen-bond acceptors (Lipinski definition) is 4. The van der Waals surface area contributed by atoms with Gasteiger partial charge in [0.05, 0.1) is 6.42 Å². The first kappa shape index (κ1) is 15.8. The van der Waals surface area contributed by atoms with Gasteiger partial charge in [-0.05, 0) is 19.3 Å². The second kappa shape index (κ2) is 8.04. The third-order valence-electron chi connectivity index (χ3n) is 2.84. The molecule has 19 heavy (non-hydrogen) atoms. The first-order valence-corrected chi connectivity index (χ1v) is 7.09. The highest BCUT2D eigenvalue weighted by atomic mass is 16.5. The Labute approximate surface area is 115 Å². The van der Waals surface area contributed by atoms with Crippen LogP contribution in [-0.4, -0.2) is 33.3 Å². The summed E-state index contributed by atoms with van der Waals surface area (Å²) in [6.07, 6.45) is 3.22. The molecule has 0 bridgehead atoms. The van der Waals surface area contributed by atoms with Crippen LogP contribution in [0.1, 0.15) is 46.4 Å². The number of carbonyl (C=O) groups is 1. The monoisotopic (exact) mass is 267 g/mol. The van der Waals surface area contributed by atoms with Crippen LogP contribution in [0.2, 0.25) is 0 Å². The van der Waals surface area contributed by atoms with Crippen molar-refractivity contribution in [2.24, 2.45) is 5.92 Å². The first-order valence-electron chi connectivity index (χ1n) is 7.09. The quantitative estimate of drug-likeness (QED) is 0.688. The lowest BCUT2D eigenvalue weighted by Gasteiger charge is -2.15. The van der Waals surface area contributed by atoms with Gasteiger partial charge >= 0.3 is 0 Å². The molecule has 0 amide bonds. The second-order valence-electron chi connectivity index (χ2n) is 5.13. The van der Waals surface area contributed by atoms with E-state index in [4.69, 9.17) is 4.74 Å². The zero-order valence-corrected chi connectivity index (χ0v) is 12.4. The van der Waals surface area contributed by atoms with Crippen molar-refractivity contribution in [2.45, 2.75) is 59.6 Å². The third-order valence-corrected chi connectivity index (χ3v) is 2.84. The van der Waals surface area contributed by atoms with Crippen molar-refractivity contribution < 1.29 is 9.53 Å². The molecular weight excluding hydrogens is 242 g/mol. The molecule has 0 aliphatic rings. The van der Waals surface area contributed by atoms with E-state index < -0.39 is 0 Å². The Balaban J connectivity index is 2.66. The van der Waals surface area contributed by atoms with Crippen LogP contribution < -0.4 is 0 Å². The summed E-state index contributed by atoms with van der Waals surface area (Å²) in [4.78, 5) is 16.4. The smallest absolute Gasteiger partial charge is 0.169 e. The van der Waals surface area contributed by atoms with Gasteiger partial charge in [0, 0.05) is 13.2 Å². The highest BCUT2D eigenvalue weighted by molar-refractivity contribution is 5.84. The molecular formula is C14H25N3O2. The van der Waals surface area contributed by atoms with E-state index >= 15 is 0 Å². The Morgan fingerprint density at radius 2 is 2.16 bits per heavy atom. The van der Waals surface area contributed by atoms with Crippen LogP contribution >= 0.6 is 0 Å². The molecule has 0 spiro atoms. The van der Waals surface area contributed by atoms with Crippen molar-refractivity contribution >= 4 is 5.78 Å². The zero-order valence-electron chi connectivity index (χ0n) is 12.4. The van der Waals surface area contributed by atoms with E-state index in [2.05, 4.69) is 30.9 Å². The van der Waals surface area contributed by atoms with E-state index in [-0.39, 0.29) is 11.9 Å². The van der Waals surface area contributed by atoms with Crippen molar-refractivity contribution in [3.63, 3.8) is 0 Å². The summed E-state index contributed by atoms with van der Waals surface area (Å²) >= 11 is 0. The maximum absolute atomic E-state index is 12.2. The van der Waals surface area contributed by atoms with Crippen LogP contribution in [0.25, 0.3) is 0 Å². The van der Waals surface area contributed by atoms with Gasteiger partial charge in [0.25, 0.3) is 0 Å². The SMILES string of the molecule is CCCC(OCC)C(=O)Cc1ncnn1CC(C)C. The third kappa shape index (κ3) is 5.11. The molecule has 0 aliphatic heterocycles. The van der Waals surface area contributed by atoms with Gasteiger partial charge in [-0.2, -0.15) is 5.10 Å². The average molecular weight is 267 g/mol. The molecule has 0 radical (unpaired) electrons. The fourth-order valence-corrected chi connectivity index (χ4v) is 1.99. The van der Waals surface area contributed by atoms with Crippen molar-refractivity contribution in [3.05, 3.63) is 12.2 Å². The molecule has 108 valence electrons. The molecule has 1 rings (SSSR count). The number of aromatic nitrogens is 3. The van der Waals surface area contributed by atoms with Crippen molar-refractivity contribution in [3.8, 4) is 0 Å². The highest BCUT2D eigenvalue weighted by Gasteiger charge is 2.20. The van der Waals surface area contributed by atoms with Gasteiger partial charge in [-0.1, -0.05) is 27.2 Å². The normalized spacial score (nSPS) is 12.9. The Kier molecular flexibility index (Phi) is 6.70. The Morgan fingerprint density at radius 1 is 1.42 bits per heavy atom. The van der Waals surface area contributed by atoms with E-state index in [1.165, 1.54) is 6.33 Å². The summed E-state index contributed by atoms with van der Waals surface area (Å²) in [5.41, 5.74) is 0. The maximum Gasteiger partial charge on any atom is 0.169 e. The standard InChI is InChI=1S/C14H25N3O2/c1-5-7-13(19-6-2)12(18)8-14-15-10-16-17(14)9-11(3)4/h10-11,13H,5-9H2,1-4H3. The summed E-state index contributed by atoms with van der Waals surface area (Å²) in [5, 5.41) is 4.17. The van der Waals surface area contributed by atoms with Gasteiger partial charge in [-0.25, -0.2) is 9.67 Å². The lowest BCUT2D eigenvalue weighted by molar-refractivity contribution is -0.130. The number of ketones is 1. The average Bonchev–Trinajstić information content (AvgIpc) is 2.75. The molecule has 1 aromatic heterocycles. The molecule has 0 aliphatic carbocycles. The number of rotatable bonds is 9. The van der Waals surface area contributed by atoms with Gasteiger partial charge < -0.3 is 4.74 Å². The maximum atomic E-state index is 12.2. The van der Waals surface area contributed by atoms with Crippen LogP contribution in [0.5, 0.6) is 0 Å². The van der Waals surface area contributed by atoms with E-state index in [1.807, 2.05) is 11.6 Å². The minimum Gasteiger partial charge on any atom is -0.371 e. The van der Waals surface area contributed by atoms with Crippen LogP contribution in [-0.2, 0) is 22.5 Å². The molecule has 1 unspecified atom stereocenters. The lowest BCUT2D eigenvalue weighted by atomic mass is 10.1. The van der Waals surface area contributed by atoms with Crippen LogP contribution in [0, 0.1) is 5.92 Å². The summed E-state index contributed by atoms with van der Waals surface area (Å²) in [7, 11) is 0. The predicted octanol–water partition coefficient (Wildman–Crippen LogP) is 2.25. The molecule has 0 fully saturated rings. The van der Waals surface area contributed by atoms with E-state index in [0.29, 0.717) is 18.9 Å². The Bertz CT molecular complexity index is 382. The van der Waals surface area contributed by atoms with Crippen molar-refractivity contribution in [1.29, 1.82) is 0 Å². The highest BCUT2D eigenvalue weighted by Crippen LogP contribution is 2.09. The minimum absolute atomic E-state index is 0.0988. The van der Waals surface area contributed by atoms with Gasteiger partial charge in [0.1, 0.15) is 18.3 Å². The molecule has 0 N–H and O–H groups in total. The topological polar surface area (TPSA) is 57.0 Å². The summed E-state index contributed by atoms with van der Waals surface area (Å²) in [6.45, 7) is 9.56. The van der Waals surface area contributed by atoms with Gasteiger partial charge in [0.15, 0.2) is 5.78 Å². The first-order chi connectivity index (χ1) is 9.08. The fourth-order valence-electron chi connectivity index (χ4n) is 1.99. The van der Waals surface area contributed by atoms with E-state index in [9.17, 15) is 4.79 Å². The van der Waals surface area contributed by atoms with Crippen molar-refractivity contribution in [1.82, 2.24) is 14.8 Å². The van der Waals surface area contributed by atoms with Gasteiger partial charge in [-0.15, -0.1) is 0 Å². The van der Waals surface area contributed by atoms with Crippen molar-refractivity contribution in [2.75, 3.05) is 6.61 Å². The number of hydrogen-bond donors (Lipinski definition) is 0.